The second-order valence-corrected chi connectivity index (χ2v) is 5.59. The smallest absolute Gasteiger partial charge is 0.277 e. The molecule has 0 radical (unpaired) electrons. The van der Waals surface area contributed by atoms with Crippen LogP contribution in [0.2, 0.25) is 0 Å². The normalized spacial score (nSPS) is 10.4. The monoisotopic (exact) mass is 370 g/mol. The van der Waals surface area contributed by atoms with Crippen LogP contribution >= 0.6 is 0 Å². The first kappa shape index (κ1) is 18.2. The van der Waals surface area contributed by atoms with Crippen LogP contribution in [0.5, 0.6) is 0 Å². The van der Waals surface area contributed by atoms with Gasteiger partial charge >= 0.3 is 0 Å². The fraction of sp³-hybridized carbons (Fsp3) is 0.111. The summed E-state index contributed by atoms with van der Waals surface area (Å²) in [5, 5.41) is 5.67. The molecule has 4 N–H and O–H groups in total. The lowest BCUT2D eigenvalue weighted by atomic mass is 10.2. The van der Waals surface area contributed by atoms with E-state index < -0.39 is 23.2 Å². The molecule has 0 saturated heterocycles. The van der Waals surface area contributed by atoms with Gasteiger partial charge in [-0.1, -0.05) is 0 Å². The SMILES string of the molecule is Nc1ncccc1NCCc1cc(NC(=O)c2ncc(F)cc2F)ccn1. The molecule has 3 aromatic heterocycles. The van der Waals surface area contributed by atoms with Crippen LogP contribution < -0.4 is 16.4 Å². The Balaban J connectivity index is 1.61. The van der Waals surface area contributed by atoms with Crippen LogP contribution in [-0.4, -0.2) is 27.4 Å². The van der Waals surface area contributed by atoms with E-state index in [1.54, 1.807) is 24.4 Å². The van der Waals surface area contributed by atoms with E-state index in [1.165, 1.54) is 6.20 Å². The molecule has 27 heavy (non-hydrogen) atoms. The van der Waals surface area contributed by atoms with Gasteiger partial charge in [0.1, 0.15) is 11.6 Å². The molecular formula is C18H16F2N6O. The highest BCUT2D eigenvalue weighted by Crippen LogP contribution is 2.15. The maximum atomic E-state index is 13.6. The molecule has 0 aliphatic carbocycles. The van der Waals surface area contributed by atoms with Crippen molar-refractivity contribution in [2.75, 3.05) is 22.9 Å². The first-order valence-corrected chi connectivity index (χ1v) is 8.04. The van der Waals surface area contributed by atoms with Gasteiger partial charge < -0.3 is 16.4 Å². The summed E-state index contributed by atoms with van der Waals surface area (Å²) in [6.07, 6.45) is 4.47. The highest BCUT2D eigenvalue weighted by atomic mass is 19.1. The van der Waals surface area contributed by atoms with Gasteiger partial charge in [-0.3, -0.25) is 9.78 Å². The fourth-order valence-corrected chi connectivity index (χ4v) is 2.36. The summed E-state index contributed by atoms with van der Waals surface area (Å²) in [6.45, 7) is 0.550. The molecule has 7 nitrogen and oxygen atoms in total. The number of halogens is 2. The molecule has 0 atom stereocenters. The average Bonchev–Trinajstić information content (AvgIpc) is 2.63. The van der Waals surface area contributed by atoms with E-state index in [-0.39, 0.29) is 0 Å². The summed E-state index contributed by atoms with van der Waals surface area (Å²) in [4.78, 5) is 23.8. The molecule has 0 fully saturated rings. The second-order valence-electron chi connectivity index (χ2n) is 5.59. The minimum atomic E-state index is -1.03. The first-order valence-electron chi connectivity index (χ1n) is 8.04. The Bertz CT molecular complexity index is 966. The number of carbonyl (C=O) groups excluding carboxylic acids is 1. The molecule has 0 aromatic carbocycles. The van der Waals surface area contributed by atoms with Gasteiger partial charge in [0.15, 0.2) is 11.5 Å². The van der Waals surface area contributed by atoms with Crippen LogP contribution in [0.4, 0.5) is 26.0 Å². The number of pyridine rings is 3. The van der Waals surface area contributed by atoms with Crippen molar-refractivity contribution in [2.45, 2.75) is 6.42 Å². The average molecular weight is 370 g/mol. The minimum absolute atomic E-state index is 0.403. The van der Waals surface area contributed by atoms with Crippen molar-refractivity contribution in [1.29, 1.82) is 0 Å². The molecule has 0 aliphatic heterocycles. The third-order valence-corrected chi connectivity index (χ3v) is 3.63. The van der Waals surface area contributed by atoms with E-state index >= 15 is 0 Å². The van der Waals surface area contributed by atoms with E-state index in [0.717, 1.165) is 11.9 Å². The Labute approximate surface area is 153 Å². The molecule has 138 valence electrons. The molecule has 3 aromatic rings. The van der Waals surface area contributed by atoms with Crippen molar-refractivity contribution in [3.05, 3.63) is 71.9 Å². The van der Waals surface area contributed by atoms with Gasteiger partial charge in [0.25, 0.3) is 5.91 Å². The van der Waals surface area contributed by atoms with Crippen molar-refractivity contribution in [2.24, 2.45) is 0 Å². The number of nitrogen functional groups attached to an aromatic ring is 1. The number of rotatable bonds is 6. The van der Waals surface area contributed by atoms with Gasteiger partial charge in [-0.05, 0) is 24.3 Å². The summed E-state index contributed by atoms with van der Waals surface area (Å²) < 4.78 is 26.5. The molecule has 0 spiro atoms. The standard InChI is InChI=1S/C18H16F2N6O/c19-11-8-14(20)16(25-10-11)18(27)26-13-4-6-22-12(9-13)3-7-23-15-2-1-5-24-17(15)21/h1-2,4-6,8-10,23H,3,7H2,(H2,21,24)(H,22,26,27). The summed E-state index contributed by atoms with van der Waals surface area (Å²) in [6, 6.07) is 7.42. The van der Waals surface area contributed by atoms with E-state index in [9.17, 15) is 13.6 Å². The lowest BCUT2D eigenvalue weighted by Crippen LogP contribution is -2.16. The van der Waals surface area contributed by atoms with Crippen molar-refractivity contribution in [3.63, 3.8) is 0 Å². The van der Waals surface area contributed by atoms with Gasteiger partial charge in [0.05, 0.1) is 11.9 Å². The molecule has 3 rings (SSSR count). The Morgan fingerprint density at radius 3 is 2.74 bits per heavy atom. The van der Waals surface area contributed by atoms with Gasteiger partial charge in [-0.15, -0.1) is 0 Å². The number of nitrogens with one attached hydrogen (secondary N) is 2. The molecular weight excluding hydrogens is 354 g/mol. The van der Waals surface area contributed by atoms with Gasteiger partial charge in [-0.25, -0.2) is 18.7 Å². The van der Waals surface area contributed by atoms with Crippen molar-refractivity contribution in [1.82, 2.24) is 15.0 Å². The maximum Gasteiger partial charge on any atom is 0.277 e. The quantitative estimate of drug-likeness (QED) is 0.616. The Morgan fingerprint density at radius 2 is 1.96 bits per heavy atom. The zero-order valence-electron chi connectivity index (χ0n) is 14.1. The highest BCUT2D eigenvalue weighted by molar-refractivity contribution is 6.03. The summed E-state index contributed by atoms with van der Waals surface area (Å²) in [7, 11) is 0. The number of hydrogen-bond donors (Lipinski definition) is 3. The number of aromatic nitrogens is 3. The highest BCUT2D eigenvalue weighted by Gasteiger charge is 2.14. The predicted molar refractivity (Wildman–Crippen MR) is 97.2 cm³/mol. The molecule has 0 unspecified atom stereocenters. The molecule has 3 heterocycles. The van der Waals surface area contributed by atoms with Crippen LogP contribution in [0.3, 0.4) is 0 Å². The predicted octanol–water partition coefficient (Wildman–Crippen LogP) is 2.64. The van der Waals surface area contributed by atoms with Gasteiger partial charge in [-0.2, -0.15) is 0 Å². The summed E-state index contributed by atoms with van der Waals surface area (Å²) in [5.41, 5.74) is 7.13. The molecule has 0 saturated carbocycles. The number of nitrogens with two attached hydrogens (primary N) is 1. The van der Waals surface area contributed by atoms with Gasteiger partial charge in [0.2, 0.25) is 0 Å². The number of anilines is 3. The number of nitrogens with zero attached hydrogens (tertiary/aromatic N) is 3. The van der Waals surface area contributed by atoms with Crippen molar-refractivity contribution in [3.8, 4) is 0 Å². The Kier molecular flexibility index (Phi) is 5.50. The lowest BCUT2D eigenvalue weighted by molar-refractivity contribution is 0.101. The Hall–Kier alpha value is -3.62. The topological polar surface area (TPSA) is 106 Å². The second kappa shape index (κ2) is 8.17. The van der Waals surface area contributed by atoms with Crippen LogP contribution in [0.15, 0.2) is 48.9 Å². The van der Waals surface area contributed by atoms with E-state index in [0.29, 0.717) is 36.2 Å². The zero-order chi connectivity index (χ0) is 19.2. The maximum absolute atomic E-state index is 13.6. The summed E-state index contributed by atoms with van der Waals surface area (Å²) in [5.74, 6) is -2.25. The van der Waals surface area contributed by atoms with Gasteiger partial charge in [0, 0.05) is 42.8 Å². The molecule has 0 aliphatic rings. The largest absolute Gasteiger partial charge is 0.382 e. The fourth-order valence-electron chi connectivity index (χ4n) is 2.36. The van der Waals surface area contributed by atoms with Crippen molar-refractivity contribution >= 4 is 23.1 Å². The third kappa shape index (κ3) is 4.72. The van der Waals surface area contributed by atoms with Crippen LogP contribution in [0.25, 0.3) is 0 Å². The summed E-state index contributed by atoms with van der Waals surface area (Å²) >= 11 is 0. The Morgan fingerprint density at radius 1 is 1.11 bits per heavy atom. The number of carbonyl (C=O) groups is 1. The van der Waals surface area contributed by atoms with Crippen LogP contribution in [0.1, 0.15) is 16.2 Å². The zero-order valence-corrected chi connectivity index (χ0v) is 14.1. The van der Waals surface area contributed by atoms with E-state index in [1.807, 2.05) is 6.07 Å². The van der Waals surface area contributed by atoms with E-state index in [4.69, 9.17) is 5.73 Å². The molecule has 9 heteroatoms. The van der Waals surface area contributed by atoms with Crippen LogP contribution in [-0.2, 0) is 6.42 Å². The lowest BCUT2D eigenvalue weighted by Gasteiger charge is -2.09. The minimum Gasteiger partial charge on any atom is -0.382 e. The third-order valence-electron chi connectivity index (χ3n) is 3.63. The number of amides is 1. The number of hydrogen-bond acceptors (Lipinski definition) is 6. The van der Waals surface area contributed by atoms with Crippen LogP contribution in [0, 0.1) is 11.6 Å². The van der Waals surface area contributed by atoms with E-state index in [2.05, 4.69) is 25.6 Å². The molecule has 0 bridgehead atoms. The first-order chi connectivity index (χ1) is 13.0. The molecule has 1 amide bonds. The van der Waals surface area contributed by atoms with Crippen molar-refractivity contribution < 1.29 is 13.6 Å².